The second-order valence-electron chi connectivity index (χ2n) is 3.68. The third-order valence-corrected chi connectivity index (χ3v) is 2.79. The van der Waals surface area contributed by atoms with E-state index in [9.17, 15) is 4.57 Å². The van der Waals surface area contributed by atoms with E-state index in [-0.39, 0.29) is 6.54 Å². The third-order valence-electron chi connectivity index (χ3n) is 2.26. The SMILES string of the molecule is Cc1ccc(C)c(C(CN)OP(=O)(O)O)c1. The fourth-order valence-corrected chi connectivity index (χ4v) is 2.03. The van der Waals surface area contributed by atoms with Gasteiger partial charge >= 0.3 is 7.82 Å². The van der Waals surface area contributed by atoms with Gasteiger partial charge in [-0.15, -0.1) is 0 Å². The van der Waals surface area contributed by atoms with Crippen LogP contribution in [-0.2, 0) is 9.09 Å². The molecule has 0 spiro atoms. The topological polar surface area (TPSA) is 92.8 Å². The second kappa shape index (κ2) is 5.08. The van der Waals surface area contributed by atoms with Crippen molar-refractivity contribution in [3.8, 4) is 0 Å². The van der Waals surface area contributed by atoms with Crippen molar-refractivity contribution in [2.75, 3.05) is 6.54 Å². The maximum Gasteiger partial charge on any atom is 0.470 e. The van der Waals surface area contributed by atoms with E-state index in [2.05, 4.69) is 4.52 Å². The molecule has 4 N–H and O–H groups in total. The highest BCUT2D eigenvalue weighted by atomic mass is 31.2. The molecule has 0 saturated carbocycles. The van der Waals surface area contributed by atoms with E-state index in [1.165, 1.54) is 0 Å². The monoisotopic (exact) mass is 245 g/mol. The molecule has 0 heterocycles. The first-order chi connectivity index (χ1) is 7.33. The van der Waals surface area contributed by atoms with Crippen LogP contribution in [0, 0.1) is 13.8 Å². The van der Waals surface area contributed by atoms with Crippen LogP contribution in [0.5, 0.6) is 0 Å². The molecule has 5 nitrogen and oxygen atoms in total. The summed E-state index contributed by atoms with van der Waals surface area (Å²) in [5, 5.41) is 0. The Balaban J connectivity index is 3.03. The lowest BCUT2D eigenvalue weighted by Gasteiger charge is -2.19. The number of hydrogen-bond donors (Lipinski definition) is 3. The second-order valence-corrected chi connectivity index (χ2v) is 4.87. The van der Waals surface area contributed by atoms with Gasteiger partial charge in [0.05, 0.1) is 0 Å². The van der Waals surface area contributed by atoms with Gasteiger partial charge in [0.15, 0.2) is 0 Å². The van der Waals surface area contributed by atoms with Crippen LogP contribution in [0.15, 0.2) is 18.2 Å². The van der Waals surface area contributed by atoms with Crippen LogP contribution >= 0.6 is 7.82 Å². The van der Waals surface area contributed by atoms with Gasteiger partial charge in [0, 0.05) is 6.54 Å². The van der Waals surface area contributed by atoms with E-state index in [1.54, 1.807) is 0 Å². The van der Waals surface area contributed by atoms with Gasteiger partial charge < -0.3 is 15.5 Å². The molecule has 1 unspecified atom stereocenters. The van der Waals surface area contributed by atoms with Crippen LogP contribution in [0.2, 0.25) is 0 Å². The quantitative estimate of drug-likeness (QED) is 0.697. The lowest BCUT2D eigenvalue weighted by atomic mass is 10.0. The summed E-state index contributed by atoms with van der Waals surface area (Å²) in [6.07, 6.45) is -0.777. The van der Waals surface area contributed by atoms with Crippen molar-refractivity contribution in [3.05, 3.63) is 34.9 Å². The Morgan fingerprint density at radius 2 is 2.06 bits per heavy atom. The molecule has 0 saturated heterocycles. The first-order valence-corrected chi connectivity index (χ1v) is 6.37. The molecule has 0 aromatic heterocycles. The minimum absolute atomic E-state index is 0.0232. The van der Waals surface area contributed by atoms with Gasteiger partial charge in [-0.2, -0.15) is 0 Å². The fraction of sp³-hybridized carbons (Fsp3) is 0.400. The number of phosphoric acid groups is 1. The normalized spacial score (nSPS) is 13.8. The molecular weight excluding hydrogens is 229 g/mol. The largest absolute Gasteiger partial charge is 0.470 e. The molecule has 0 radical (unpaired) electrons. The van der Waals surface area contributed by atoms with Crippen molar-refractivity contribution in [2.45, 2.75) is 20.0 Å². The van der Waals surface area contributed by atoms with Crippen molar-refractivity contribution >= 4 is 7.82 Å². The van der Waals surface area contributed by atoms with Gasteiger partial charge in [-0.3, -0.25) is 4.52 Å². The Morgan fingerprint density at radius 3 is 2.56 bits per heavy atom. The summed E-state index contributed by atoms with van der Waals surface area (Å²) in [5.74, 6) is 0. The highest BCUT2D eigenvalue weighted by Gasteiger charge is 2.23. The molecule has 6 heteroatoms. The van der Waals surface area contributed by atoms with Gasteiger partial charge in [-0.25, -0.2) is 4.57 Å². The molecule has 1 rings (SSSR count). The zero-order valence-electron chi connectivity index (χ0n) is 9.25. The van der Waals surface area contributed by atoms with Gasteiger partial charge in [0.2, 0.25) is 0 Å². The van der Waals surface area contributed by atoms with Gasteiger partial charge in [0.1, 0.15) is 6.10 Å². The van der Waals surface area contributed by atoms with E-state index in [1.807, 2.05) is 32.0 Å². The number of nitrogens with two attached hydrogens (primary N) is 1. The number of hydrogen-bond acceptors (Lipinski definition) is 3. The Hall–Kier alpha value is -0.710. The summed E-state index contributed by atoms with van der Waals surface area (Å²) >= 11 is 0. The van der Waals surface area contributed by atoms with E-state index in [0.29, 0.717) is 5.56 Å². The summed E-state index contributed by atoms with van der Waals surface area (Å²) in [6, 6.07) is 5.61. The van der Waals surface area contributed by atoms with Crippen molar-refractivity contribution in [1.82, 2.24) is 0 Å². The van der Waals surface area contributed by atoms with Crippen molar-refractivity contribution in [1.29, 1.82) is 0 Å². The number of phosphoric ester groups is 1. The molecule has 90 valence electrons. The molecule has 1 aromatic carbocycles. The van der Waals surface area contributed by atoms with Crippen LogP contribution in [-0.4, -0.2) is 16.3 Å². The van der Waals surface area contributed by atoms with Gasteiger partial charge in [0.25, 0.3) is 0 Å². The molecule has 0 bridgehead atoms. The highest BCUT2D eigenvalue weighted by Crippen LogP contribution is 2.42. The summed E-state index contributed by atoms with van der Waals surface area (Å²) in [6.45, 7) is 3.77. The van der Waals surface area contributed by atoms with Crippen LogP contribution in [0.4, 0.5) is 0 Å². The Morgan fingerprint density at radius 1 is 1.44 bits per heavy atom. The molecule has 1 aromatic rings. The Bertz CT molecular complexity index is 415. The van der Waals surface area contributed by atoms with Crippen molar-refractivity contribution < 1.29 is 18.9 Å². The minimum atomic E-state index is -4.52. The van der Waals surface area contributed by atoms with Crippen molar-refractivity contribution in [3.63, 3.8) is 0 Å². The zero-order valence-corrected chi connectivity index (χ0v) is 10.1. The van der Waals surface area contributed by atoms with Gasteiger partial charge in [-0.1, -0.05) is 23.8 Å². The van der Waals surface area contributed by atoms with E-state index in [0.717, 1.165) is 11.1 Å². The summed E-state index contributed by atoms with van der Waals surface area (Å²) in [5.41, 5.74) is 8.07. The summed E-state index contributed by atoms with van der Waals surface area (Å²) in [4.78, 5) is 17.5. The first kappa shape index (κ1) is 13.4. The average Bonchev–Trinajstić information content (AvgIpc) is 2.17. The Kier molecular flexibility index (Phi) is 4.24. The smallest absolute Gasteiger partial charge is 0.328 e. The molecule has 0 aliphatic rings. The highest BCUT2D eigenvalue weighted by molar-refractivity contribution is 7.46. The molecular formula is C10H16NO4P. The minimum Gasteiger partial charge on any atom is -0.328 e. The molecule has 1 atom stereocenters. The molecule has 0 amide bonds. The van der Waals surface area contributed by atoms with Crippen LogP contribution < -0.4 is 5.73 Å². The lowest BCUT2D eigenvalue weighted by molar-refractivity contribution is 0.138. The molecule has 0 aliphatic carbocycles. The molecule has 0 fully saturated rings. The molecule has 0 aliphatic heterocycles. The predicted octanol–water partition coefficient (Wildman–Crippen LogP) is 1.41. The third kappa shape index (κ3) is 3.70. The van der Waals surface area contributed by atoms with E-state index in [4.69, 9.17) is 15.5 Å². The van der Waals surface area contributed by atoms with E-state index < -0.39 is 13.9 Å². The summed E-state index contributed by atoms with van der Waals surface area (Å²) in [7, 11) is -4.52. The zero-order chi connectivity index (χ0) is 12.3. The maximum absolute atomic E-state index is 10.8. The predicted molar refractivity (Wildman–Crippen MR) is 60.8 cm³/mol. The van der Waals surface area contributed by atoms with Gasteiger partial charge in [-0.05, 0) is 25.0 Å². The Labute approximate surface area is 94.5 Å². The van der Waals surface area contributed by atoms with Crippen LogP contribution in [0.1, 0.15) is 22.8 Å². The van der Waals surface area contributed by atoms with Crippen molar-refractivity contribution in [2.24, 2.45) is 5.73 Å². The fourth-order valence-electron chi connectivity index (χ4n) is 1.50. The number of rotatable bonds is 4. The number of benzene rings is 1. The standard InChI is InChI=1S/C10H16NO4P/c1-7-3-4-8(2)9(5-7)10(6-11)15-16(12,13)14/h3-5,10H,6,11H2,1-2H3,(H2,12,13,14). The lowest BCUT2D eigenvalue weighted by Crippen LogP contribution is -2.16. The first-order valence-electron chi connectivity index (χ1n) is 4.84. The molecule has 16 heavy (non-hydrogen) atoms. The van der Waals surface area contributed by atoms with Crippen LogP contribution in [0.25, 0.3) is 0 Å². The average molecular weight is 245 g/mol. The summed E-state index contributed by atoms with van der Waals surface area (Å²) < 4.78 is 15.4. The van der Waals surface area contributed by atoms with E-state index >= 15 is 0 Å². The van der Waals surface area contributed by atoms with Crippen LogP contribution in [0.3, 0.4) is 0 Å². The maximum atomic E-state index is 10.8. The number of aryl methyl sites for hydroxylation is 2.